The molecular formula is C13H14NO3. The molecule has 1 N–H and O–H groups in total. The maximum absolute atomic E-state index is 11.6. The van der Waals surface area contributed by atoms with Crippen molar-refractivity contribution < 1.29 is 14.4 Å². The van der Waals surface area contributed by atoms with Gasteiger partial charge in [0.1, 0.15) is 0 Å². The summed E-state index contributed by atoms with van der Waals surface area (Å²) in [6, 6.07) is 8.16. The van der Waals surface area contributed by atoms with Crippen molar-refractivity contribution in [3.05, 3.63) is 35.9 Å². The van der Waals surface area contributed by atoms with Gasteiger partial charge in [-0.25, -0.2) is 0 Å². The highest BCUT2D eigenvalue weighted by Crippen LogP contribution is 2.04. The predicted octanol–water partition coefficient (Wildman–Crippen LogP) is 1.26. The molecule has 1 aromatic carbocycles. The zero-order valence-electron chi connectivity index (χ0n) is 9.60. The lowest BCUT2D eigenvalue weighted by atomic mass is 10.1. The second-order valence-electron chi connectivity index (χ2n) is 3.70. The number of nitrogens with one attached hydrogen (secondary N) is 1. The fourth-order valence-electron chi connectivity index (χ4n) is 1.34. The maximum atomic E-state index is 11.6. The van der Waals surface area contributed by atoms with Gasteiger partial charge in [0, 0.05) is 18.4 Å². The van der Waals surface area contributed by atoms with E-state index < -0.39 is 6.04 Å². The molecule has 0 saturated heterocycles. The van der Waals surface area contributed by atoms with Crippen molar-refractivity contribution in [2.24, 2.45) is 0 Å². The summed E-state index contributed by atoms with van der Waals surface area (Å²) in [4.78, 5) is 33.1. The van der Waals surface area contributed by atoms with Gasteiger partial charge in [0.25, 0.3) is 0 Å². The average molecular weight is 232 g/mol. The summed E-state index contributed by atoms with van der Waals surface area (Å²) in [5, 5.41) is 2.42. The van der Waals surface area contributed by atoms with Crippen LogP contribution < -0.4 is 5.32 Å². The molecule has 0 aliphatic rings. The van der Waals surface area contributed by atoms with Crippen LogP contribution in [0.3, 0.4) is 0 Å². The molecule has 0 aliphatic carbocycles. The van der Waals surface area contributed by atoms with Crippen molar-refractivity contribution in [1.29, 1.82) is 0 Å². The van der Waals surface area contributed by atoms with E-state index in [1.807, 2.05) is 6.07 Å². The Balaban J connectivity index is 2.39. The average Bonchev–Trinajstić information content (AvgIpc) is 2.36. The molecule has 4 heteroatoms. The van der Waals surface area contributed by atoms with Crippen LogP contribution in [0.5, 0.6) is 0 Å². The highest BCUT2D eigenvalue weighted by molar-refractivity contribution is 5.98. The highest BCUT2D eigenvalue weighted by atomic mass is 16.2. The minimum absolute atomic E-state index is 0.0801. The number of amides is 1. The highest BCUT2D eigenvalue weighted by Gasteiger charge is 2.10. The van der Waals surface area contributed by atoms with Gasteiger partial charge in [-0.3, -0.25) is 14.4 Å². The Morgan fingerprint density at radius 1 is 1.24 bits per heavy atom. The summed E-state index contributed by atoms with van der Waals surface area (Å²) in [5.41, 5.74) is 0.593. The van der Waals surface area contributed by atoms with Crippen LogP contribution >= 0.6 is 0 Å². The summed E-state index contributed by atoms with van der Waals surface area (Å²) < 4.78 is 0. The molecule has 1 amide bonds. The van der Waals surface area contributed by atoms with E-state index in [4.69, 9.17) is 0 Å². The molecule has 1 atom stereocenters. The fourth-order valence-corrected chi connectivity index (χ4v) is 1.34. The van der Waals surface area contributed by atoms with E-state index in [0.717, 1.165) is 0 Å². The normalized spacial score (nSPS) is 11.6. The Hall–Kier alpha value is -1.97. The Morgan fingerprint density at radius 3 is 2.47 bits per heavy atom. The number of rotatable bonds is 6. The van der Waals surface area contributed by atoms with Crippen molar-refractivity contribution in [1.82, 2.24) is 5.32 Å². The summed E-state index contributed by atoms with van der Waals surface area (Å²) >= 11 is 0. The second kappa shape index (κ2) is 6.58. The van der Waals surface area contributed by atoms with Crippen LogP contribution in [0.4, 0.5) is 0 Å². The molecule has 17 heavy (non-hydrogen) atoms. The van der Waals surface area contributed by atoms with Gasteiger partial charge >= 0.3 is 0 Å². The van der Waals surface area contributed by atoms with E-state index in [1.165, 1.54) is 6.92 Å². The molecule has 0 aromatic heterocycles. The first-order valence-electron chi connectivity index (χ1n) is 5.38. The maximum Gasteiger partial charge on any atom is 0.222 e. The van der Waals surface area contributed by atoms with Crippen LogP contribution in [0.1, 0.15) is 30.1 Å². The molecule has 0 saturated carbocycles. The Kier molecular flexibility index (Phi) is 5.07. The first kappa shape index (κ1) is 13.1. The minimum atomic E-state index is -0.630. The SMILES string of the molecule is C[C@@H]([C]=O)NC(=O)CCC(=O)c1ccccc1. The van der Waals surface area contributed by atoms with Crippen molar-refractivity contribution in [2.75, 3.05) is 0 Å². The van der Waals surface area contributed by atoms with Gasteiger partial charge in [0.15, 0.2) is 5.78 Å². The number of hydrogen-bond acceptors (Lipinski definition) is 3. The van der Waals surface area contributed by atoms with Crippen LogP contribution in [0.15, 0.2) is 30.3 Å². The number of Topliss-reactive ketones (excluding diaryl/α,β-unsaturated/α-hetero) is 1. The largest absolute Gasteiger partial charge is 0.346 e. The van der Waals surface area contributed by atoms with Crippen molar-refractivity contribution in [3.8, 4) is 0 Å². The first-order chi connectivity index (χ1) is 8.13. The van der Waals surface area contributed by atoms with Gasteiger partial charge in [0.2, 0.25) is 12.2 Å². The Bertz CT molecular complexity index is 400. The number of carbonyl (C=O) groups is 2. The first-order valence-corrected chi connectivity index (χ1v) is 5.38. The third-order valence-electron chi connectivity index (χ3n) is 2.23. The third-order valence-corrected chi connectivity index (χ3v) is 2.23. The van der Waals surface area contributed by atoms with Gasteiger partial charge in [-0.2, -0.15) is 0 Å². The van der Waals surface area contributed by atoms with Crippen molar-refractivity contribution in [3.63, 3.8) is 0 Å². The van der Waals surface area contributed by atoms with E-state index in [0.29, 0.717) is 5.56 Å². The Morgan fingerprint density at radius 2 is 1.88 bits per heavy atom. The molecule has 0 spiro atoms. The summed E-state index contributed by atoms with van der Waals surface area (Å²) in [6.07, 6.45) is 1.87. The zero-order valence-corrected chi connectivity index (χ0v) is 9.60. The molecule has 4 nitrogen and oxygen atoms in total. The molecule has 1 radical (unpaired) electrons. The lowest BCUT2D eigenvalue weighted by molar-refractivity contribution is -0.121. The van der Waals surface area contributed by atoms with Gasteiger partial charge < -0.3 is 5.32 Å². The zero-order chi connectivity index (χ0) is 12.7. The lowest BCUT2D eigenvalue weighted by Gasteiger charge is -2.06. The molecule has 0 unspecified atom stereocenters. The summed E-state index contributed by atoms with van der Waals surface area (Å²) in [6.45, 7) is 1.53. The predicted molar refractivity (Wildman–Crippen MR) is 63.3 cm³/mol. The number of hydrogen-bond donors (Lipinski definition) is 1. The van der Waals surface area contributed by atoms with Gasteiger partial charge in [0.05, 0.1) is 6.04 Å². The van der Waals surface area contributed by atoms with Crippen LogP contribution in [0.2, 0.25) is 0 Å². The molecule has 0 fully saturated rings. The molecule has 0 heterocycles. The van der Waals surface area contributed by atoms with Gasteiger partial charge in [-0.05, 0) is 6.92 Å². The molecule has 1 aromatic rings. The van der Waals surface area contributed by atoms with Gasteiger partial charge in [-0.1, -0.05) is 30.3 Å². The molecule has 1 rings (SSSR count). The molecule has 0 aliphatic heterocycles. The standard InChI is InChI=1S/C13H14NO3/c1-10(9-15)14-13(17)8-7-12(16)11-5-3-2-4-6-11/h2-6,10H,7-8H2,1H3,(H,14,17)/t10-/m0/s1. The van der Waals surface area contributed by atoms with Crippen molar-refractivity contribution in [2.45, 2.75) is 25.8 Å². The Labute approximate surface area is 100 Å². The lowest BCUT2D eigenvalue weighted by Crippen LogP contribution is -2.33. The van der Waals surface area contributed by atoms with E-state index in [-0.39, 0.29) is 24.5 Å². The quantitative estimate of drug-likeness (QED) is 0.751. The number of ketones is 1. The van der Waals surface area contributed by atoms with Crippen LogP contribution in [-0.2, 0) is 9.59 Å². The van der Waals surface area contributed by atoms with Crippen LogP contribution in [-0.4, -0.2) is 24.0 Å². The van der Waals surface area contributed by atoms with E-state index >= 15 is 0 Å². The van der Waals surface area contributed by atoms with Crippen LogP contribution in [0, 0.1) is 0 Å². The van der Waals surface area contributed by atoms with E-state index in [1.54, 1.807) is 30.6 Å². The third kappa shape index (κ3) is 4.59. The van der Waals surface area contributed by atoms with E-state index in [2.05, 4.69) is 5.32 Å². The second-order valence-corrected chi connectivity index (χ2v) is 3.70. The molecule has 89 valence electrons. The molecule has 0 bridgehead atoms. The monoisotopic (exact) mass is 232 g/mol. The van der Waals surface area contributed by atoms with Crippen molar-refractivity contribution >= 4 is 18.0 Å². The summed E-state index contributed by atoms with van der Waals surface area (Å²) in [5.74, 6) is -0.395. The smallest absolute Gasteiger partial charge is 0.222 e. The fraction of sp³-hybridized carbons (Fsp3) is 0.308. The van der Waals surface area contributed by atoms with Crippen LogP contribution in [0.25, 0.3) is 0 Å². The summed E-state index contributed by atoms with van der Waals surface area (Å²) in [7, 11) is 0. The van der Waals surface area contributed by atoms with Gasteiger partial charge in [-0.15, -0.1) is 0 Å². The number of benzene rings is 1. The molecular weight excluding hydrogens is 218 g/mol. The number of carbonyl (C=O) groups excluding carboxylic acids is 3. The minimum Gasteiger partial charge on any atom is -0.346 e. The van der Waals surface area contributed by atoms with E-state index in [9.17, 15) is 14.4 Å². The topological polar surface area (TPSA) is 63.2 Å².